The summed E-state index contributed by atoms with van der Waals surface area (Å²) in [6, 6.07) is 11.8. The van der Waals surface area contributed by atoms with Gasteiger partial charge in [-0.2, -0.15) is 0 Å². The zero-order chi connectivity index (χ0) is 24.1. The van der Waals surface area contributed by atoms with Gasteiger partial charge >= 0.3 is 0 Å². The number of rotatable bonds is 6. The van der Waals surface area contributed by atoms with Gasteiger partial charge in [0.2, 0.25) is 15.9 Å². The first-order chi connectivity index (χ1) is 16.3. The maximum Gasteiger partial charge on any atom is 0.253 e. The molecule has 2 amide bonds. The van der Waals surface area contributed by atoms with Crippen LogP contribution in [0.2, 0.25) is 0 Å². The zero-order valence-electron chi connectivity index (χ0n) is 19.0. The van der Waals surface area contributed by atoms with Gasteiger partial charge < -0.3 is 10.2 Å². The summed E-state index contributed by atoms with van der Waals surface area (Å²) in [4.78, 5) is 27.1. The molecule has 1 saturated carbocycles. The van der Waals surface area contributed by atoms with E-state index in [1.165, 1.54) is 30.3 Å². The smallest absolute Gasteiger partial charge is 0.253 e. The van der Waals surface area contributed by atoms with Gasteiger partial charge in [0.05, 0.1) is 4.90 Å². The van der Waals surface area contributed by atoms with Crippen LogP contribution in [0, 0.1) is 11.7 Å². The molecule has 2 aromatic rings. The predicted molar refractivity (Wildman–Crippen MR) is 127 cm³/mol. The van der Waals surface area contributed by atoms with Crippen LogP contribution in [-0.4, -0.2) is 44.3 Å². The quantitative estimate of drug-likeness (QED) is 0.646. The Bertz CT molecular complexity index is 1120. The minimum absolute atomic E-state index is 0.0169. The second kappa shape index (κ2) is 10.7. The van der Waals surface area contributed by atoms with Crippen molar-refractivity contribution in [1.29, 1.82) is 0 Å². The lowest BCUT2D eigenvalue weighted by atomic mass is 9.95. The number of hydrogen-bond donors (Lipinski definition) is 2. The molecule has 2 aromatic carbocycles. The second-order valence-corrected chi connectivity index (χ2v) is 10.8. The van der Waals surface area contributed by atoms with Gasteiger partial charge in [-0.05, 0) is 68.1 Å². The number of hydrogen-bond acceptors (Lipinski definition) is 4. The summed E-state index contributed by atoms with van der Waals surface area (Å²) in [5.41, 5.74) is 0.829. The fraction of sp³-hybridized carbons (Fsp3) is 0.440. The van der Waals surface area contributed by atoms with Gasteiger partial charge in [-0.3, -0.25) is 9.59 Å². The molecule has 2 fully saturated rings. The molecule has 0 bridgehead atoms. The van der Waals surface area contributed by atoms with E-state index in [0.29, 0.717) is 37.2 Å². The van der Waals surface area contributed by atoms with E-state index < -0.39 is 15.8 Å². The molecule has 9 heteroatoms. The molecule has 34 heavy (non-hydrogen) atoms. The third-order valence-corrected chi connectivity index (χ3v) is 8.12. The summed E-state index contributed by atoms with van der Waals surface area (Å²) in [5, 5.41) is 2.85. The number of anilines is 1. The molecule has 182 valence electrons. The molecule has 2 N–H and O–H groups in total. The van der Waals surface area contributed by atoms with Crippen molar-refractivity contribution in [2.45, 2.75) is 55.9 Å². The van der Waals surface area contributed by atoms with Gasteiger partial charge in [-0.25, -0.2) is 17.5 Å². The summed E-state index contributed by atoms with van der Waals surface area (Å²) >= 11 is 0. The van der Waals surface area contributed by atoms with E-state index in [0.717, 1.165) is 32.1 Å². The normalized spacial score (nSPS) is 18.0. The molecular formula is C25H30FN3O4S. The molecular weight excluding hydrogens is 457 g/mol. The minimum atomic E-state index is -3.59. The highest BCUT2D eigenvalue weighted by Gasteiger charge is 2.28. The van der Waals surface area contributed by atoms with E-state index in [4.69, 9.17) is 0 Å². The molecule has 0 spiro atoms. The maximum absolute atomic E-state index is 13.4. The van der Waals surface area contributed by atoms with E-state index in [-0.39, 0.29) is 28.7 Å². The highest BCUT2D eigenvalue weighted by molar-refractivity contribution is 7.89. The number of sulfonamides is 1. The number of amides is 2. The Morgan fingerprint density at radius 2 is 1.59 bits per heavy atom. The van der Waals surface area contributed by atoms with Crippen molar-refractivity contribution < 1.29 is 22.4 Å². The number of nitrogens with zero attached hydrogens (tertiary/aromatic N) is 1. The number of halogens is 1. The molecule has 0 unspecified atom stereocenters. The summed E-state index contributed by atoms with van der Waals surface area (Å²) in [6.45, 7) is 0.828. The van der Waals surface area contributed by atoms with E-state index in [2.05, 4.69) is 10.0 Å². The van der Waals surface area contributed by atoms with Crippen molar-refractivity contribution >= 4 is 27.5 Å². The minimum Gasteiger partial charge on any atom is -0.339 e. The number of carbonyl (C=O) groups excluding carboxylic acids is 2. The van der Waals surface area contributed by atoms with E-state index >= 15 is 0 Å². The van der Waals surface area contributed by atoms with Crippen LogP contribution < -0.4 is 10.0 Å². The summed E-state index contributed by atoms with van der Waals surface area (Å²) in [6.07, 6.45) is 5.95. The topological polar surface area (TPSA) is 95.6 Å². The first-order valence-corrected chi connectivity index (χ1v) is 13.3. The van der Waals surface area contributed by atoms with Crippen LogP contribution in [0.25, 0.3) is 0 Å². The fourth-order valence-electron chi connectivity index (χ4n) is 4.62. The highest BCUT2D eigenvalue weighted by atomic mass is 32.2. The number of piperidine rings is 1. The van der Waals surface area contributed by atoms with Crippen molar-refractivity contribution in [1.82, 2.24) is 9.62 Å². The average molecular weight is 488 g/mol. The van der Waals surface area contributed by atoms with Gasteiger partial charge in [-0.1, -0.05) is 25.3 Å². The lowest BCUT2D eigenvalue weighted by Crippen LogP contribution is -2.41. The fourth-order valence-corrected chi connectivity index (χ4v) is 5.92. The van der Waals surface area contributed by atoms with Crippen molar-refractivity contribution in [3.63, 3.8) is 0 Å². The molecule has 7 nitrogen and oxygen atoms in total. The number of carbonyl (C=O) groups is 2. The summed E-state index contributed by atoms with van der Waals surface area (Å²) in [5.74, 6) is -1.11. The molecule has 0 radical (unpaired) electrons. The van der Waals surface area contributed by atoms with Gasteiger partial charge in [0.1, 0.15) is 5.82 Å². The van der Waals surface area contributed by atoms with Crippen LogP contribution in [-0.2, 0) is 14.8 Å². The Balaban J connectivity index is 1.29. The predicted octanol–water partition coefficient (Wildman–Crippen LogP) is 3.93. The van der Waals surface area contributed by atoms with E-state index in [1.54, 1.807) is 23.1 Å². The van der Waals surface area contributed by atoms with E-state index in [9.17, 15) is 22.4 Å². The number of nitrogens with one attached hydrogen (secondary N) is 2. The van der Waals surface area contributed by atoms with Crippen LogP contribution in [0.15, 0.2) is 53.4 Å². The Morgan fingerprint density at radius 3 is 2.24 bits per heavy atom. The van der Waals surface area contributed by atoms with E-state index in [1.807, 2.05) is 0 Å². The Kier molecular flexibility index (Phi) is 7.63. The largest absolute Gasteiger partial charge is 0.339 e. The monoisotopic (exact) mass is 487 g/mol. The zero-order valence-corrected chi connectivity index (χ0v) is 19.8. The SMILES string of the molecule is O=C(Nc1ccc(S(=O)(=O)NC2CCCCC2)cc1)C1CCN(C(=O)c2cccc(F)c2)CC1. The Hall–Kier alpha value is -2.78. The highest BCUT2D eigenvalue weighted by Crippen LogP contribution is 2.23. The van der Waals surface area contributed by atoms with Crippen molar-refractivity contribution in [2.24, 2.45) is 5.92 Å². The van der Waals surface area contributed by atoms with Crippen LogP contribution in [0.4, 0.5) is 10.1 Å². The molecule has 1 aliphatic carbocycles. The molecule has 2 aliphatic rings. The maximum atomic E-state index is 13.4. The third-order valence-electron chi connectivity index (χ3n) is 6.58. The van der Waals surface area contributed by atoms with Crippen LogP contribution in [0.1, 0.15) is 55.3 Å². The molecule has 0 aromatic heterocycles. The van der Waals surface area contributed by atoms with Crippen LogP contribution >= 0.6 is 0 Å². The van der Waals surface area contributed by atoms with Crippen molar-refractivity contribution in [3.8, 4) is 0 Å². The third kappa shape index (κ3) is 6.01. The lowest BCUT2D eigenvalue weighted by molar-refractivity contribution is -0.121. The molecule has 1 saturated heterocycles. The van der Waals surface area contributed by atoms with Crippen LogP contribution in [0.5, 0.6) is 0 Å². The standard InChI is InChI=1S/C25H30FN3O4S/c26-20-6-4-5-19(17-20)25(31)29-15-13-18(14-16-29)24(30)27-21-9-11-23(12-10-21)34(32,33)28-22-7-2-1-3-8-22/h4-6,9-12,17-18,22,28H,1-3,7-8,13-16H2,(H,27,30). The number of likely N-dealkylation sites (tertiary alicyclic amines) is 1. The van der Waals surface area contributed by atoms with Gasteiger partial charge in [-0.15, -0.1) is 0 Å². The molecule has 4 rings (SSSR count). The molecule has 1 heterocycles. The van der Waals surface area contributed by atoms with Gasteiger partial charge in [0.25, 0.3) is 5.91 Å². The first-order valence-electron chi connectivity index (χ1n) is 11.8. The summed E-state index contributed by atoms with van der Waals surface area (Å²) in [7, 11) is -3.59. The first kappa shape index (κ1) is 24.3. The number of benzene rings is 2. The second-order valence-electron chi connectivity index (χ2n) is 9.05. The molecule has 0 atom stereocenters. The average Bonchev–Trinajstić information content (AvgIpc) is 2.84. The lowest BCUT2D eigenvalue weighted by Gasteiger charge is -2.31. The van der Waals surface area contributed by atoms with Gasteiger partial charge in [0.15, 0.2) is 0 Å². The summed E-state index contributed by atoms with van der Waals surface area (Å²) < 4.78 is 41.5. The van der Waals surface area contributed by atoms with Crippen molar-refractivity contribution in [3.05, 3.63) is 59.9 Å². The Labute approximate surface area is 199 Å². The Morgan fingerprint density at radius 1 is 0.912 bits per heavy atom. The van der Waals surface area contributed by atoms with Crippen molar-refractivity contribution in [2.75, 3.05) is 18.4 Å². The van der Waals surface area contributed by atoms with Gasteiger partial charge in [0, 0.05) is 36.3 Å². The molecule has 1 aliphatic heterocycles. The van der Waals surface area contributed by atoms with Crippen LogP contribution in [0.3, 0.4) is 0 Å².